The first-order chi connectivity index (χ1) is 9.38. The summed E-state index contributed by atoms with van der Waals surface area (Å²) in [4.78, 5) is 0. The number of nitrogens with one attached hydrogen (secondary N) is 1. The van der Waals surface area contributed by atoms with Crippen LogP contribution in [-0.2, 0) is 0 Å². The molecule has 0 amide bonds. The molecule has 2 aliphatic rings. The fraction of sp³-hybridized carbons (Fsp3) is 1.00. The van der Waals surface area contributed by atoms with Crippen molar-refractivity contribution >= 4 is 0 Å². The molecule has 0 saturated heterocycles. The van der Waals surface area contributed by atoms with Crippen LogP contribution in [0.25, 0.3) is 0 Å². The van der Waals surface area contributed by atoms with Gasteiger partial charge in [0.15, 0.2) is 0 Å². The van der Waals surface area contributed by atoms with E-state index in [0.717, 1.165) is 30.3 Å². The quantitative estimate of drug-likeness (QED) is 0.744. The highest BCUT2D eigenvalue weighted by Gasteiger charge is 2.47. The maximum Gasteiger partial charge on any atom is 0.0129 e. The molecule has 0 bridgehead atoms. The zero-order valence-corrected chi connectivity index (χ0v) is 13.3. The molecule has 1 nitrogen and oxygen atoms in total. The molecule has 2 fully saturated rings. The third-order valence-electron chi connectivity index (χ3n) is 5.76. The van der Waals surface area contributed by atoms with Gasteiger partial charge in [0.1, 0.15) is 0 Å². The SMILES string of the molecule is CCNC1C(CC)C2CCCCCCCCCCC21. The van der Waals surface area contributed by atoms with Gasteiger partial charge in [-0.1, -0.05) is 71.6 Å². The van der Waals surface area contributed by atoms with Crippen molar-refractivity contribution in [3.05, 3.63) is 0 Å². The first-order valence-corrected chi connectivity index (χ1v) is 9.11. The highest BCUT2D eigenvalue weighted by Crippen LogP contribution is 2.48. The number of hydrogen-bond acceptors (Lipinski definition) is 1. The lowest BCUT2D eigenvalue weighted by Crippen LogP contribution is -2.58. The second kappa shape index (κ2) is 8.29. The molecule has 0 aromatic rings. The van der Waals surface area contributed by atoms with Gasteiger partial charge in [0.2, 0.25) is 0 Å². The summed E-state index contributed by atoms with van der Waals surface area (Å²) >= 11 is 0. The van der Waals surface area contributed by atoms with Crippen LogP contribution >= 0.6 is 0 Å². The van der Waals surface area contributed by atoms with E-state index >= 15 is 0 Å². The summed E-state index contributed by atoms with van der Waals surface area (Å²) in [6, 6.07) is 0.850. The molecular weight excluding hydrogens is 230 g/mol. The zero-order chi connectivity index (χ0) is 13.5. The van der Waals surface area contributed by atoms with Crippen LogP contribution in [0.5, 0.6) is 0 Å². The largest absolute Gasteiger partial charge is 0.314 e. The number of rotatable bonds is 3. The lowest BCUT2D eigenvalue weighted by Gasteiger charge is -2.53. The molecule has 2 aliphatic carbocycles. The Balaban J connectivity index is 1.90. The van der Waals surface area contributed by atoms with Gasteiger partial charge in [-0.3, -0.25) is 0 Å². The van der Waals surface area contributed by atoms with Gasteiger partial charge >= 0.3 is 0 Å². The Bertz CT molecular complexity index is 238. The summed E-state index contributed by atoms with van der Waals surface area (Å²) in [7, 11) is 0. The lowest BCUT2D eigenvalue weighted by atomic mass is 9.56. The Morgan fingerprint density at radius 3 is 1.79 bits per heavy atom. The van der Waals surface area contributed by atoms with Crippen molar-refractivity contribution in [3.8, 4) is 0 Å². The van der Waals surface area contributed by atoms with Gasteiger partial charge in [-0.15, -0.1) is 0 Å². The molecule has 2 saturated carbocycles. The Morgan fingerprint density at radius 1 is 0.737 bits per heavy atom. The summed E-state index contributed by atoms with van der Waals surface area (Å²) < 4.78 is 0. The van der Waals surface area contributed by atoms with Crippen molar-refractivity contribution in [1.82, 2.24) is 5.32 Å². The monoisotopic (exact) mass is 265 g/mol. The summed E-state index contributed by atoms with van der Waals surface area (Å²) in [5.74, 6) is 3.03. The van der Waals surface area contributed by atoms with Gasteiger partial charge in [-0.05, 0) is 37.1 Å². The van der Waals surface area contributed by atoms with Gasteiger partial charge < -0.3 is 5.32 Å². The third-order valence-corrected chi connectivity index (χ3v) is 5.76. The predicted molar refractivity (Wildman–Crippen MR) is 84.4 cm³/mol. The van der Waals surface area contributed by atoms with Gasteiger partial charge in [0, 0.05) is 6.04 Å². The smallest absolute Gasteiger partial charge is 0.0129 e. The topological polar surface area (TPSA) is 12.0 Å². The molecule has 2 rings (SSSR count). The maximum absolute atomic E-state index is 3.79. The van der Waals surface area contributed by atoms with E-state index in [9.17, 15) is 0 Å². The van der Waals surface area contributed by atoms with Crippen LogP contribution < -0.4 is 5.32 Å². The van der Waals surface area contributed by atoms with Crippen LogP contribution in [-0.4, -0.2) is 12.6 Å². The highest BCUT2D eigenvalue weighted by atomic mass is 15.0. The Labute approximate surface area is 120 Å². The molecule has 0 aromatic heterocycles. The third kappa shape index (κ3) is 3.97. The Kier molecular flexibility index (Phi) is 6.70. The second-order valence-electron chi connectivity index (χ2n) is 6.89. The standard InChI is InChI=1S/C18H35N/c1-3-15-16-13-11-9-7-5-6-8-10-12-14-17(16)18(15)19-4-2/h15-19H,3-14H2,1-2H3. The molecular formula is C18H35N. The molecule has 4 unspecified atom stereocenters. The Hall–Kier alpha value is -0.0400. The second-order valence-corrected chi connectivity index (χ2v) is 6.89. The van der Waals surface area contributed by atoms with Crippen molar-refractivity contribution in [2.75, 3.05) is 6.54 Å². The minimum atomic E-state index is 0.850. The molecule has 0 spiro atoms. The normalized spacial score (nSPS) is 37.6. The van der Waals surface area contributed by atoms with Crippen molar-refractivity contribution in [3.63, 3.8) is 0 Å². The Morgan fingerprint density at radius 2 is 1.26 bits per heavy atom. The van der Waals surface area contributed by atoms with Crippen molar-refractivity contribution in [2.45, 2.75) is 90.5 Å². The molecule has 0 aromatic carbocycles. The highest BCUT2D eigenvalue weighted by molar-refractivity contribution is 5.00. The first kappa shape index (κ1) is 15.4. The van der Waals surface area contributed by atoms with Crippen LogP contribution in [0.2, 0.25) is 0 Å². The van der Waals surface area contributed by atoms with E-state index in [0.29, 0.717) is 0 Å². The molecule has 112 valence electrons. The van der Waals surface area contributed by atoms with E-state index in [1.54, 1.807) is 0 Å². The van der Waals surface area contributed by atoms with Crippen LogP contribution in [0.4, 0.5) is 0 Å². The molecule has 1 N–H and O–H groups in total. The molecule has 0 aliphatic heterocycles. The van der Waals surface area contributed by atoms with E-state index < -0.39 is 0 Å². The minimum Gasteiger partial charge on any atom is -0.314 e. The van der Waals surface area contributed by atoms with Crippen LogP contribution in [0.1, 0.15) is 84.5 Å². The fourth-order valence-corrected chi connectivity index (χ4v) is 4.76. The fourth-order valence-electron chi connectivity index (χ4n) is 4.76. The van der Waals surface area contributed by atoms with Gasteiger partial charge in [-0.25, -0.2) is 0 Å². The predicted octanol–water partition coefficient (Wildman–Crippen LogP) is 5.15. The first-order valence-electron chi connectivity index (χ1n) is 9.11. The van der Waals surface area contributed by atoms with Crippen LogP contribution in [0.15, 0.2) is 0 Å². The average molecular weight is 265 g/mol. The zero-order valence-electron chi connectivity index (χ0n) is 13.3. The van der Waals surface area contributed by atoms with E-state index in [2.05, 4.69) is 19.2 Å². The van der Waals surface area contributed by atoms with Gasteiger partial charge in [0.05, 0.1) is 0 Å². The van der Waals surface area contributed by atoms with Gasteiger partial charge in [-0.2, -0.15) is 0 Å². The number of hydrogen-bond donors (Lipinski definition) is 1. The van der Waals surface area contributed by atoms with E-state index in [4.69, 9.17) is 0 Å². The van der Waals surface area contributed by atoms with E-state index in [1.807, 2.05) is 0 Å². The average Bonchev–Trinajstić information content (AvgIpc) is 2.40. The molecule has 0 heterocycles. The van der Waals surface area contributed by atoms with Crippen molar-refractivity contribution in [2.24, 2.45) is 17.8 Å². The summed E-state index contributed by atoms with van der Waals surface area (Å²) in [5.41, 5.74) is 0. The maximum atomic E-state index is 3.79. The number of fused-ring (bicyclic) bond motifs is 1. The van der Waals surface area contributed by atoms with Crippen LogP contribution in [0, 0.1) is 17.8 Å². The summed E-state index contributed by atoms with van der Waals surface area (Å²) in [6.07, 6.45) is 16.3. The van der Waals surface area contributed by atoms with E-state index in [-0.39, 0.29) is 0 Å². The van der Waals surface area contributed by atoms with Crippen molar-refractivity contribution in [1.29, 1.82) is 0 Å². The van der Waals surface area contributed by atoms with Crippen molar-refractivity contribution < 1.29 is 0 Å². The van der Waals surface area contributed by atoms with E-state index in [1.165, 1.54) is 70.6 Å². The minimum absolute atomic E-state index is 0.850. The summed E-state index contributed by atoms with van der Waals surface area (Å²) in [6.45, 7) is 5.83. The summed E-state index contributed by atoms with van der Waals surface area (Å²) in [5, 5.41) is 3.79. The molecule has 1 heteroatoms. The molecule has 4 atom stereocenters. The van der Waals surface area contributed by atoms with Crippen LogP contribution in [0.3, 0.4) is 0 Å². The molecule has 0 radical (unpaired) electrons. The van der Waals surface area contributed by atoms with Gasteiger partial charge in [0.25, 0.3) is 0 Å². The lowest BCUT2D eigenvalue weighted by molar-refractivity contribution is -0.00447. The molecule has 19 heavy (non-hydrogen) atoms.